The van der Waals surface area contributed by atoms with Crippen molar-refractivity contribution in [3.8, 4) is 11.8 Å². The number of benzene rings is 2. The standard InChI is InChI=1S/C15H10FN3/c16-11-5-7-12(8-6-11)19-15(9-10-17)13-3-1-2-4-14(13)18-19/h1-8H,9H2. The van der Waals surface area contributed by atoms with E-state index in [1.165, 1.54) is 12.1 Å². The molecule has 0 fully saturated rings. The van der Waals surface area contributed by atoms with Crippen LogP contribution in [0.3, 0.4) is 0 Å². The van der Waals surface area contributed by atoms with Crippen molar-refractivity contribution < 1.29 is 4.39 Å². The Morgan fingerprint density at radius 3 is 2.58 bits per heavy atom. The predicted octanol–water partition coefficient (Wildman–Crippen LogP) is 3.23. The molecule has 1 heterocycles. The number of nitriles is 1. The smallest absolute Gasteiger partial charge is 0.123 e. The highest BCUT2D eigenvalue weighted by molar-refractivity contribution is 5.82. The lowest BCUT2D eigenvalue weighted by atomic mass is 10.2. The second kappa shape index (κ2) is 4.54. The molecule has 19 heavy (non-hydrogen) atoms. The lowest BCUT2D eigenvalue weighted by Crippen LogP contribution is -2.01. The molecule has 0 amide bonds. The van der Waals surface area contributed by atoms with Crippen LogP contribution in [0.25, 0.3) is 16.6 Å². The third kappa shape index (κ3) is 1.95. The quantitative estimate of drug-likeness (QED) is 0.701. The number of aromatic nitrogens is 2. The van der Waals surface area contributed by atoms with Crippen molar-refractivity contribution in [3.63, 3.8) is 0 Å². The van der Waals surface area contributed by atoms with Crippen LogP contribution in [0.5, 0.6) is 0 Å². The first-order valence-corrected chi connectivity index (χ1v) is 5.89. The summed E-state index contributed by atoms with van der Waals surface area (Å²) >= 11 is 0. The molecule has 0 radical (unpaired) electrons. The number of hydrogen-bond donors (Lipinski definition) is 0. The van der Waals surface area contributed by atoms with Crippen LogP contribution in [0, 0.1) is 17.1 Å². The Kier molecular flexibility index (Phi) is 2.73. The van der Waals surface area contributed by atoms with Gasteiger partial charge in [0.25, 0.3) is 0 Å². The molecule has 3 rings (SSSR count). The van der Waals surface area contributed by atoms with Gasteiger partial charge in [0.2, 0.25) is 0 Å². The molecular weight excluding hydrogens is 241 g/mol. The summed E-state index contributed by atoms with van der Waals surface area (Å²) in [5, 5.41) is 14.4. The van der Waals surface area contributed by atoms with Crippen LogP contribution in [-0.4, -0.2) is 9.78 Å². The number of fused-ring (bicyclic) bond motifs is 1. The molecule has 0 N–H and O–H groups in total. The second-order valence-corrected chi connectivity index (χ2v) is 4.19. The Bertz CT molecular complexity index is 766. The number of halogens is 1. The molecule has 0 atom stereocenters. The topological polar surface area (TPSA) is 41.6 Å². The Labute approximate surface area is 109 Å². The highest BCUT2D eigenvalue weighted by atomic mass is 19.1. The summed E-state index contributed by atoms with van der Waals surface area (Å²) in [5.74, 6) is -0.290. The van der Waals surface area contributed by atoms with E-state index in [2.05, 4.69) is 11.2 Å². The summed E-state index contributed by atoms with van der Waals surface area (Å²) in [7, 11) is 0. The van der Waals surface area contributed by atoms with Gasteiger partial charge in [-0.15, -0.1) is 0 Å². The van der Waals surface area contributed by atoms with Gasteiger partial charge in [-0.05, 0) is 30.3 Å². The van der Waals surface area contributed by atoms with Crippen LogP contribution in [0.2, 0.25) is 0 Å². The van der Waals surface area contributed by atoms with Gasteiger partial charge >= 0.3 is 0 Å². The minimum atomic E-state index is -0.290. The Balaban J connectivity index is 2.25. The van der Waals surface area contributed by atoms with Gasteiger partial charge in [-0.1, -0.05) is 18.2 Å². The summed E-state index contributed by atoms with van der Waals surface area (Å²) in [6.07, 6.45) is 0.262. The first-order chi connectivity index (χ1) is 9.29. The van der Waals surface area contributed by atoms with Crippen molar-refractivity contribution in [2.24, 2.45) is 0 Å². The summed E-state index contributed by atoms with van der Waals surface area (Å²) in [4.78, 5) is 0. The molecule has 0 saturated carbocycles. The lowest BCUT2D eigenvalue weighted by Gasteiger charge is -2.04. The highest BCUT2D eigenvalue weighted by Crippen LogP contribution is 2.22. The maximum atomic E-state index is 13.0. The molecule has 3 nitrogen and oxygen atoms in total. The van der Waals surface area contributed by atoms with Gasteiger partial charge in [-0.2, -0.15) is 10.4 Å². The number of hydrogen-bond acceptors (Lipinski definition) is 2. The van der Waals surface area contributed by atoms with E-state index in [-0.39, 0.29) is 12.2 Å². The molecule has 4 heteroatoms. The molecule has 0 bridgehead atoms. The fourth-order valence-electron chi connectivity index (χ4n) is 2.13. The molecule has 0 aliphatic rings. The number of rotatable bonds is 2. The minimum Gasteiger partial charge on any atom is -0.236 e. The van der Waals surface area contributed by atoms with E-state index < -0.39 is 0 Å². The first-order valence-electron chi connectivity index (χ1n) is 5.89. The monoisotopic (exact) mass is 251 g/mol. The van der Waals surface area contributed by atoms with E-state index in [9.17, 15) is 4.39 Å². The zero-order valence-electron chi connectivity index (χ0n) is 10.0. The van der Waals surface area contributed by atoms with Gasteiger partial charge in [0, 0.05) is 5.39 Å². The lowest BCUT2D eigenvalue weighted by molar-refractivity contribution is 0.627. The first kappa shape index (κ1) is 11.4. The molecule has 0 aliphatic carbocycles. The zero-order chi connectivity index (χ0) is 13.2. The molecule has 0 saturated heterocycles. The Morgan fingerprint density at radius 1 is 1.11 bits per heavy atom. The fourth-order valence-corrected chi connectivity index (χ4v) is 2.13. The van der Waals surface area contributed by atoms with Crippen LogP contribution in [0.1, 0.15) is 5.69 Å². The molecule has 92 valence electrons. The van der Waals surface area contributed by atoms with Crippen molar-refractivity contribution in [1.82, 2.24) is 9.78 Å². The van der Waals surface area contributed by atoms with Crippen molar-refractivity contribution in [2.45, 2.75) is 6.42 Å². The maximum absolute atomic E-state index is 13.0. The molecule has 3 aromatic rings. The largest absolute Gasteiger partial charge is 0.236 e. The second-order valence-electron chi connectivity index (χ2n) is 4.19. The normalized spacial score (nSPS) is 10.5. The van der Waals surface area contributed by atoms with E-state index in [1.54, 1.807) is 16.8 Å². The minimum absolute atomic E-state index is 0.262. The van der Waals surface area contributed by atoms with Crippen LogP contribution in [0.15, 0.2) is 48.5 Å². The Hall–Kier alpha value is -2.67. The van der Waals surface area contributed by atoms with Gasteiger partial charge < -0.3 is 0 Å². The number of nitrogens with zero attached hydrogens (tertiary/aromatic N) is 3. The van der Waals surface area contributed by atoms with Crippen LogP contribution in [-0.2, 0) is 6.42 Å². The predicted molar refractivity (Wildman–Crippen MR) is 70.3 cm³/mol. The summed E-state index contributed by atoms with van der Waals surface area (Å²) in [6, 6.07) is 15.9. The molecule has 0 aliphatic heterocycles. The highest BCUT2D eigenvalue weighted by Gasteiger charge is 2.11. The van der Waals surface area contributed by atoms with Crippen molar-refractivity contribution >= 4 is 10.9 Å². The average Bonchev–Trinajstić information content (AvgIpc) is 2.79. The fraction of sp³-hybridized carbons (Fsp3) is 0.0667. The molecule has 0 spiro atoms. The van der Waals surface area contributed by atoms with E-state index in [0.29, 0.717) is 0 Å². The van der Waals surface area contributed by atoms with Crippen LogP contribution in [0.4, 0.5) is 4.39 Å². The molecule has 1 aromatic heterocycles. The SMILES string of the molecule is N#CCc1c2ccccc2nn1-c1ccc(F)cc1. The molecule has 2 aromatic carbocycles. The van der Waals surface area contributed by atoms with E-state index in [4.69, 9.17) is 5.26 Å². The van der Waals surface area contributed by atoms with E-state index in [0.717, 1.165) is 22.3 Å². The third-order valence-corrected chi connectivity index (χ3v) is 3.00. The van der Waals surface area contributed by atoms with E-state index in [1.807, 2.05) is 24.3 Å². The van der Waals surface area contributed by atoms with Gasteiger partial charge in [0.05, 0.1) is 29.4 Å². The molecular formula is C15H10FN3. The Morgan fingerprint density at radius 2 is 1.84 bits per heavy atom. The summed E-state index contributed by atoms with van der Waals surface area (Å²) < 4.78 is 14.7. The summed E-state index contributed by atoms with van der Waals surface area (Å²) in [5.41, 5.74) is 2.41. The van der Waals surface area contributed by atoms with Crippen LogP contribution < -0.4 is 0 Å². The molecule has 0 unspecified atom stereocenters. The average molecular weight is 251 g/mol. The summed E-state index contributed by atoms with van der Waals surface area (Å²) in [6.45, 7) is 0. The van der Waals surface area contributed by atoms with Crippen LogP contribution >= 0.6 is 0 Å². The van der Waals surface area contributed by atoms with Gasteiger partial charge in [-0.25, -0.2) is 9.07 Å². The van der Waals surface area contributed by atoms with Gasteiger partial charge in [0.15, 0.2) is 0 Å². The van der Waals surface area contributed by atoms with Crippen molar-refractivity contribution in [2.75, 3.05) is 0 Å². The zero-order valence-corrected chi connectivity index (χ0v) is 10.0. The van der Waals surface area contributed by atoms with Gasteiger partial charge in [-0.3, -0.25) is 0 Å². The van der Waals surface area contributed by atoms with Crippen molar-refractivity contribution in [1.29, 1.82) is 5.26 Å². The van der Waals surface area contributed by atoms with Crippen molar-refractivity contribution in [3.05, 3.63) is 60.0 Å². The van der Waals surface area contributed by atoms with Gasteiger partial charge in [0.1, 0.15) is 5.82 Å². The third-order valence-electron chi connectivity index (χ3n) is 3.00. The van der Waals surface area contributed by atoms with E-state index >= 15 is 0 Å². The maximum Gasteiger partial charge on any atom is 0.123 e.